The molecule has 1 unspecified atom stereocenters. The zero-order valence-electron chi connectivity index (χ0n) is 18.4. The van der Waals surface area contributed by atoms with Gasteiger partial charge in [-0.15, -0.1) is 0 Å². The highest BCUT2D eigenvalue weighted by atomic mass is 19.1. The van der Waals surface area contributed by atoms with Gasteiger partial charge in [-0.05, 0) is 55.6 Å². The maximum Gasteiger partial charge on any atom is 0.261 e. The van der Waals surface area contributed by atoms with E-state index in [2.05, 4.69) is 5.32 Å². The molecule has 3 aromatic carbocycles. The van der Waals surface area contributed by atoms with E-state index in [1.165, 1.54) is 35.2 Å². The summed E-state index contributed by atoms with van der Waals surface area (Å²) in [6.45, 7) is 0.423. The SMILES string of the molecule is CN(C)C(CNC(=O)c1ccc2c(c1)C(=O)N(Cc1ccccc1)C2=O)c1cccc(F)c1. The van der Waals surface area contributed by atoms with E-state index in [4.69, 9.17) is 0 Å². The fourth-order valence-electron chi connectivity index (χ4n) is 3.95. The van der Waals surface area contributed by atoms with Crippen LogP contribution in [0.3, 0.4) is 0 Å². The van der Waals surface area contributed by atoms with Gasteiger partial charge in [0.05, 0.1) is 23.7 Å². The molecule has 1 N–H and O–H groups in total. The second-order valence-electron chi connectivity index (χ2n) is 8.19. The monoisotopic (exact) mass is 445 g/mol. The first kappa shape index (κ1) is 22.4. The Balaban J connectivity index is 1.48. The maximum absolute atomic E-state index is 13.7. The Morgan fingerprint density at radius 1 is 0.939 bits per heavy atom. The summed E-state index contributed by atoms with van der Waals surface area (Å²) < 4.78 is 13.7. The summed E-state index contributed by atoms with van der Waals surface area (Å²) in [7, 11) is 3.70. The van der Waals surface area contributed by atoms with Gasteiger partial charge in [0, 0.05) is 12.1 Å². The summed E-state index contributed by atoms with van der Waals surface area (Å²) in [6.07, 6.45) is 0. The van der Waals surface area contributed by atoms with Gasteiger partial charge in [0.25, 0.3) is 17.7 Å². The summed E-state index contributed by atoms with van der Waals surface area (Å²) in [5, 5.41) is 2.85. The van der Waals surface area contributed by atoms with Crippen molar-refractivity contribution in [3.05, 3.63) is 106 Å². The standard InChI is InChI=1S/C26H24FN3O3/c1-29(2)23(18-9-6-10-20(27)13-18)15-28-24(31)19-11-12-21-22(14-19)26(33)30(25(21)32)16-17-7-4-3-5-8-17/h3-14,23H,15-16H2,1-2H3,(H,28,31). The van der Waals surface area contributed by atoms with Gasteiger partial charge in [0.15, 0.2) is 0 Å². The first-order valence-corrected chi connectivity index (χ1v) is 10.6. The summed E-state index contributed by atoms with van der Waals surface area (Å²) in [4.78, 5) is 41.5. The predicted octanol–water partition coefficient (Wildman–Crippen LogP) is 3.65. The van der Waals surface area contributed by atoms with Crippen molar-refractivity contribution < 1.29 is 18.8 Å². The van der Waals surface area contributed by atoms with E-state index in [1.54, 1.807) is 12.1 Å². The lowest BCUT2D eigenvalue weighted by molar-refractivity contribution is 0.0642. The Morgan fingerprint density at radius 3 is 2.36 bits per heavy atom. The molecule has 0 fully saturated rings. The molecule has 0 aromatic heterocycles. The van der Waals surface area contributed by atoms with Gasteiger partial charge in [-0.2, -0.15) is 0 Å². The summed E-state index contributed by atoms with van der Waals surface area (Å²) in [5.74, 6) is -1.50. The lowest BCUT2D eigenvalue weighted by atomic mass is 10.0. The molecular formula is C26H24FN3O3. The molecule has 0 radical (unpaired) electrons. The van der Waals surface area contributed by atoms with Crippen LogP contribution in [-0.4, -0.2) is 48.2 Å². The maximum atomic E-state index is 13.7. The minimum atomic E-state index is -0.417. The number of fused-ring (bicyclic) bond motifs is 1. The number of imide groups is 1. The average Bonchev–Trinajstić information content (AvgIpc) is 3.04. The number of nitrogens with one attached hydrogen (secondary N) is 1. The molecular weight excluding hydrogens is 421 g/mol. The topological polar surface area (TPSA) is 69.7 Å². The van der Waals surface area contributed by atoms with Crippen LogP contribution in [0, 0.1) is 5.82 Å². The van der Waals surface area contributed by atoms with Gasteiger partial charge >= 0.3 is 0 Å². The molecule has 1 atom stereocenters. The van der Waals surface area contributed by atoms with Crippen molar-refractivity contribution in [2.45, 2.75) is 12.6 Å². The molecule has 33 heavy (non-hydrogen) atoms. The van der Waals surface area contributed by atoms with Gasteiger partial charge < -0.3 is 10.2 Å². The van der Waals surface area contributed by atoms with Crippen molar-refractivity contribution >= 4 is 17.7 Å². The Hall–Kier alpha value is -3.84. The number of hydrogen-bond donors (Lipinski definition) is 1. The van der Waals surface area contributed by atoms with Crippen LogP contribution < -0.4 is 5.32 Å². The number of benzene rings is 3. The van der Waals surface area contributed by atoms with Gasteiger partial charge in [0.2, 0.25) is 0 Å². The van der Waals surface area contributed by atoms with E-state index >= 15 is 0 Å². The number of rotatable bonds is 7. The second-order valence-corrected chi connectivity index (χ2v) is 8.19. The van der Waals surface area contributed by atoms with Gasteiger partial charge in [-0.25, -0.2) is 4.39 Å². The highest BCUT2D eigenvalue weighted by Gasteiger charge is 2.36. The van der Waals surface area contributed by atoms with Crippen LogP contribution in [-0.2, 0) is 6.54 Å². The number of likely N-dealkylation sites (N-methyl/N-ethyl adjacent to an activating group) is 1. The fraction of sp³-hybridized carbons (Fsp3) is 0.192. The molecule has 0 bridgehead atoms. The number of carbonyl (C=O) groups excluding carboxylic acids is 3. The summed E-state index contributed by atoms with van der Waals surface area (Å²) in [6, 6.07) is 19.8. The van der Waals surface area contributed by atoms with E-state index in [9.17, 15) is 18.8 Å². The second kappa shape index (κ2) is 9.34. The van der Waals surface area contributed by atoms with Crippen molar-refractivity contribution in [2.24, 2.45) is 0 Å². The van der Waals surface area contributed by atoms with Crippen LogP contribution in [0.5, 0.6) is 0 Å². The number of nitrogens with zero attached hydrogens (tertiary/aromatic N) is 2. The minimum absolute atomic E-state index is 0.173. The quantitative estimate of drug-likeness (QED) is 0.564. The van der Waals surface area contributed by atoms with E-state index in [0.717, 1.165) is 11.1 Å². The van der Waals surface area contributed by atoms with E-state index < -0.39 is 5.91 Å². The number of halogens is 1. The van der Waals surface area contributed by atoms with Crippen molar-refractivity contribution in [3.63, 3.8) is 0 Å². The van der Waals surface area contributed by atoms with Crippen LogP contribution in [0.1, 0.15) is 48.2 Å². The third-order valence-electron chi connectivity index (χ3n) is 5.73. The normalized spacial score (nSPS) is 13.9. The molecule has 7 heteroatoms. The first-order valence-electron chi connectivity index (χ1n) is 10.6. The molecule has 1 heterocycles. The van der Waals surface area contributed by atoms with Crippen LogP contribution in [0.4, 0.5) is 4.39 Å². The highest BCUT2D eigenvalue weighted by molar-refractivity contribution is 6.22. The molecule has 168 valence electrons. The lowest BCUT2D eigenvalue weighted by Crippen LogP contribution is -2.34. The van der Waals surface area contributed by atoms with Gasteiger partial charge in [0.1, 0.15) is 5.82 Å². The fourth-order valence-corrected chi connectivity index (χ4v) is 3.95. The van der Waals surface area contributed by atoms with Crippen LogP contribution in [0.2, 0.25) is 0 Å². The summed E-state index contributed by atoms with van der Waals surface area (Å²) in [5.41, 5.74) is 2.38. The molecule has 3 amide bonds. The van der Waals surface area contributed by atoms with Crippen molar-refractivity contribution in [1.29, 1.82) is 0 Å². The molecule has 6 nitrogen and oxygen atoms in total. The molecule has 0 saturated heterocycles. The Bertz CT molecular complexity index is 1210. The third kappa shape index (κ3) is 4.68. The zero-order valence-corrected chi connectivity index (χ0v) is 18.4. The van der Waals surface area contributed by atoms with Gasteiger partial charge in [-0.1, -0.05) is 42.5 Å². The summed E-state index contributed by atoms with van der Waals surface area (Å²) >= 11 is 0. The Morgan fingerprint density at radius 2 is 1.67 bits per heavy atom. The van der Waals surface area contributed by atoms with Gasteiger partial charge in [-0.3, -0.25) is 19.3 Å². The van der Waals surface area contributed by atoms with Crippen LogP contribution >= 0.6 is 0 Å². The molecule has 0 spiro atoms. The highest BCUT2D eigenvalue weighted by Crippen LogP contribution is 2.26. The largest absolute Gasteiger partial charge is 0.350 e. The number of hydrogen-bond acceptors (Lipinski definition) is 4. The third-order valence-corrected chi connectivity index (χ3v) is 5.73. The predicted molar refractivity (Wildman–Crippen MR) is 122 cm³/mol. The minimum Gasteiger partial charge on any atom is -0.350 e. The van der Waals surface area contributed by atoms with E-state index in [-0.39, 0.29) is 47.9 Å². The average molecular weight is 445 g/mol. The Labute approximate surface area is 191 Å². The first-order chi connectivity index (χ1) is 15.8. The van der Waals surface area contributed by atoms with Crippen molar-refractivity contribution in [2.75, 3.05) is 20.6 Å². The lowest BCUT2D eigenvalue weighted by Gasteiger charge is -2.25. The molecule has 1 aliphatic rings. The van der Waals surface area contributed by atoms with Crippen molar-refractivity contribution in [3.8, 4) is 0 Å². The molecule has 1 aliphatic heterocycles. The number of amides is 3. The molecule has 4 rings (SSSR count). The smallest absolute Gasteiger partial charge is 0.261 e. The number of carbonyl (C=O) groups is 3. The van der Waals surface area contributed by atoms with Crippen molar-refractivity contribution in [1.82, 2.24) is 15.1 Å². The van der Waals surface area contributed by atoms with Crippen LogP contribution in [0.25, 0.3) is 0 Å². The van der Waals surface area contributed by atoms with Crippen LogP contribution in [0.15, 0.2) is 72.8 Å². The van der Waals surface area contributed by atoms with E-state index in [1.807, 2.05) is 49.3 Å². The Kier molecular flexibility index (Phi) is 6.33. The molecule has 3 aromatic rings. The molecule has 0 aliphatic carbocycles. The van der Waals surface area contributed by atoms with E-state index in [0.29, 0.717) is 5.56 Å². The molecule has 0 saturated carbocycles. The zero-order chi connectivity index (χ0) is 23.5.